The maximum atomic E-state index is 5.88. The normalized spacial score (nSPS) is 17.0. The highest BCUT2D eigenvalue weighted by molar-refractivity contribution is 9.09. The van der Waals surface area contributed by atoms with Crippen LogP contribution < -0.4 is 9.47 Å². The first kappa shape index (κ1) is 13.7. The third-order valence-corrected chi connectivity index (χ3v) is 4.73. The second-order valence-electron chi connectivity index (χ2n) is 5.10. The molecule has 1 saturated carbocycles. The van der Waals surface area contributed by atoms with Crippen molar-refractivity contribution in [1.29, 1.82) is 0 Å². The van der Waals surface area contributed by atoms with Crippen LogP contribution in [0.2, 0.25) is 0 Å². The van der Waals surface area contributed by atoms with Crippen LogP contribution in [0.5, 0.6) is 11.5 Å². The van der Waals surface area contributed by atoms with E-state index in [1.165, 1.54) is 19.3 Å². The second-order valence-corrected chi connectivity index (χ2v) is 5.66. The van der Waals surface area contributed by atoms with Gasteiger partial charge in [0.05, 0.1) is 13.2 Å². The number of hydrogen-bond acceptors (Lipinski definition) is 2. The fourth-order valence-corrected chi connectivity index (χ4v) is 2.80. The monoisotopic (exact) mass is 312 g/mol. The highest BCUT2D eigenvalue weighted by Crippen LogP contribution is 2.42. The minimum atomic E-state index is 0.372. The van der Waals surface area contributed by atoms with Crippen LogP contribution in [0.15, 0.2) is 24.3 Å². The fraction of sp³-hybridized carbons (Fsp3) is 0.600. The molecule has 100 valence electrons. The molecule has 0 amide bonds. The molecule has 0 bridgehead atoms. The Labute approximate surface area is 118 Å². The molecule has 1 aromatic carbocycles. The maximum Gasteiger partial charge on any atom is 0.119 e. The summed E-state index contributed by atoms with van der Waals surface area (Å²) in [5, 5.41) is 1.04. The molecule has 0 aromatic heterocycles. The highest BCUT2D eigenvalue weighted by Gasteiger charge is 2.36. The molecule has 18 heavy (non-hydrogen) atoms. The summed E-state index contributed by atoms with van der Waals surface area (Å²) in [5.74, 6) is 1.86. The number of ether oxygens (including phenoxy) is 2. The van der Waals surface area contributed by atoms with Gasteiger partial charge in [0.1, 0.15) is 11.5 Å². The topological polar surface area (TPSA) is 18.5 Å². The van der Waals surface area contributed by atoms with Gasteiger partial charge >= 0.3 is 0 Å². The van der Waals surface area contributed by atoms with E-state index in [2.05, 4.69) is 22.9 Å². The van der Waals surface area contributed by atoms with Crippen molar-refractivity contribution in [2.75, 3.05) is 18.5 Å². The third kappa shape index (κ3) is 3.41. The molecule has 0 unspecified atom stereocenters. The predicted octanol–water partition coefficient (Wildman–Crippen LogP) is 4.42. The predicted molar refractivity (Wildman–Crippen MR) is 77.8 cm³/mol. The summed E-state index contributed by atoms with van der Waals surface area (Å²) in [6.45, 7) is 3.69. The Morgan fingerprint density at radius 1 is 1.11 bits per heavy atom. The minimum Gasteiger partial charge on any atom is -0.494 e. The second kappa shape index (κ2) is 6.46. The van der Waals surface area contributed by atoms with Crippen molar-refractivity contribution in [3.63, 3.8) is 0 Å². The van der Waals surface area contributed by atoms with Crippen molar-refractivity contribution < 1.29 is 9.47 Å². The van der Waals surface area contributed by atoms with Crippen LogP contribution in [0.4, 0.5) is 0 Å². The van der Waals surface area contributed by atoms with Gasteiger partial charge in [-0.3, -0.25) is 0 Å². The van der Waals surface area contributed by atoms with Crippen molar-refractivity contribution in [3.8, 4) is 11.5 Å². The van der Waals surface area contributed by atoms with E-state index in [1.54, 1.807) is 0 Å². The minimum absolute atomic E-state index is 0.372. The third-order valence-electron chi connectivity index (χ3n) is 3.54. The Bertz CT molecular complexity index is 352. The lowest BCUT2D eigenvalue weighted by atomic mass is 9.71. The Hall–Kier alpha value is -0.700. The molecular weight excluding hydrogens is 292 g/mol. The van der Waals surface area contributed by atoms with Gasteiger partial charge in [-0.1, -0.05) is 29.3 Å². The lowest BCUT2D eigenvalue weighted by molar-refractivity contribution is 0.0838. The molecule has 2 rings (SSSR count). The van der Waals surface area contributed by atoms with Gasteiger partial charge in [0.25, 0.3) is 0 Å². The van der Waals surface area contributed by atoms with E-state index in [-0.39, 0.29) is 0 Å². The average molecular weight is 313 g/mol. The molecule has 0 aliphatic heterocycles. The van der Waals surface area contributed by atoms with Gasteiger partial charge < -0.3 is 9.47 Å². The van der Waals surface area contributed by atoms with Gasteiger partial charge in [-0.25, -0.2) is 0 Å². The molecule has 1 aromatic rings. The summed E-state index contributed by atoms with van der Waals surface area (Å²) in [7, 11) is 0. The molecule has 1 aliphatic carbocycles. The summed E-state index contributed by atoms with van der Waals surface area (Å²) in [6.07, 6.45) is 4.91. The van der Waals surface area contributed by atoms with Crippen LogP contribution >= 0.6 is 15.9 Å². The Balaban J connectivity index is 1.82. The number of hydrogen-bond donors (Lipinski definition) is 0. The first-order chi connectivity index (χ1) is 8.78. The molecule has 0 heterocycles. The van der Waals surface area contributed by atoms with Crippen molar-refractivity contribution >= 4 is 15.9 Å². The van der Waals surface area contributed by atoms with Crippen LogP contribution in [-0.4, -0.2) is 18.5 Å². The molecule has 1 aliphatic rings. The van der Waals surface area contributed by atoms with E-state index >= 15 is 0 Å². The number of halogens is 1. The van der Waals surface area contributed by atoms with E-state index in [9.17, 15) is 0 Å². The van der Waals surface area contributed by atoms with Crippen molar-refractivity contribution in [2.24, 2.45) is 5.41 Å². The first-order valence-electron chi connectivity index (χ1n) is 6.70. The SMILES string of the molecule is CCCOc1ccc(OCC2(CBr)CCC2)cc1. The van der Waals surface area contributed by atoms with Crippen LogP contribution in [0, 0.1) is 5.41 Å². The van der Waals surface area contributed by atoms with Gasteiger partial charge in [0.2, 0.25) is 0 Å². The summed E-state index contributed by atoms with van der Waals surface area (Å²) in [6, 6.07) is 7.94. The lowest BCUT2D eigenvalue weighted by Crippen LogP contribution is -2.37. The standard InChI is InChI=1S/C15H21BrO2/c1-2-10-17-13-4-6-14(7-5-13)18-12-15(11-16)8-3-9-15/h4-7H,2-3,8-12H2,1H3. The van der Waals surface area contributed by atoms with E-state index in [1.807, 2.05) is 24.3 Å². The van der Waals surface area contributed by atoms with Crippen molar-refractivity contribution in [2.45, 2.75) is 32.6 Å². The average Bonchev–Trinajstić information content (AvgIpc) is 2.37. The molecule has 0 saturated heterocycles. The molecule has 3 heteroatoms. The van der Waals surface area contributed by atoms with Crippen molar-refractivity contribution in [3.05, 3.63) is 24.3 Å². The number of rotatable bonds is 7. The summed E-state index contributed by atoms with van der Waals surface area (Å²) in [4.78, 5) is 0. The van der Waals surface area contributed by atoms with Crippen molar-refractivity contribution in [1.82, 2.24) is 0 Å². The Morgan fingerprint density at radius 3 is 2.17 bits per heavy atom. The smallest absolute Gasteiger partial charge is 0.119 e. The fourth-order valence-electron chi connectivity index (χ4n) is 2.08. The van der Waals surface area contributed by atoms with E-state index in [4.69, 9.17) is 9.47 Å². The number of benzene rings is 1. The molecule has 1 fully saturated rings. The Morgan fingerprint density at radius 2 is 1.72 bits per heavy atom. The van der Waals surface area contributed by atoms with E-state index in [0.717, 1.165) is 36.5 Å². The van der Waals surface area contributed by atoms with Gasteiger partial charge in [-0.2, -0.15) is 0 Å². The van der Waals surface area contributed by atoms with E-state index < -0.39 is 0 Å². The van der Waals surface area contributed by atoms with Crippen LogP contribution in [-0.2, 0) is 0 Å². The zero-order valence-corrected chi connectivity index (χ0v) is 12.5. The zero-order valence-electron chi connectivity index (χ0n) is 11.0. The van der Waals surface area contributed by atoms with Gasteiger partial charge in [0, 0.05) is 10.7 Å². The summed E-state index contributed by atoms with van der Waals surface area (Å²) >= 11 is 3.60. The van der Waals surface area contributed by atoms with Gasteiger partial charge in [-0.15, -0.1) is 0 Å². The largest absolute Gasteiger partial charge is 0.494 e. The maximum absolute atomic E-state index is 5.88. The highest BCUT2D eigenvalue weighted by atomic mass is 79.9. The van der Waals surface area contributed by atoms with Crippen LogP contribution in [0.3, 0.4) is 0 Å². The quantitative estimate of drug-likeness (QED) is 0.694. The Kier molecular flexibility index (Phi) is 4.93. The molecule has 0 radical (unpaired) electrons. The molecule has 0 atom stereocenters. The zero-order chi connectivity index (χ0) is 12.8. The molecule has 2 nitrogen and oxygen atoms in total. The first-order valence-corrected chi connectivity index (χ1v) is 7.82. The molecule has 0 spiro atoms. The lowest BCUT2D eigenvalue weighted by Gasteiger charge is -2.39. The van der Waals surface area contributed by atoms with Gasteiger partial charge in [-0.05, 0) is 43.5 Å². The van der Waals surface area contributed by atoms with Crippen LogP contribution in [0.25, 0.3) is 0 Å². The molecule has 0 N–H and O–H groups in total. The van der Waals surface area contributed by atoms with E-state index in [0.29, 0.717) is 5.41 Å². The molecular formula is C15H21BrO2. The van der Waals surface area contributed by atoms with Crippen LogP contribution in [0.1, 0.15) is 32.6 Å². The summed E-state index contributed by atoms with van der Waals surface area (Å²) < 4.78 is 11.4. The summed E-state index contributed by atoms with van der Waals surface area (Å²) in [5.41, 5.74) is 0.372. The van der Waals surface area contributed by atoms with Gasteiger partial charge in [0.15, 0.2) is 0 Å². The number of alkyl halides is 1.